The van der Waals surface area contributed by atoms with Gasteiger partial charge in [0.15, 0.2) is 0 Å². The Kier molecular flexibility index (Phi) is 26.1. The number of aliphatic hydroxyl groups is 1. The Morgan fingerprint density at radius 1 is 0.625 bits per heavy atom. The van der Waals surface area contributed by atoms with Gasteiger partial charge in [0.1, 0.15) is 0 Å². The standard InChI is InChI=1S/C28H58N2O2/c1-3-5-6-7-8-9-10-11-12-13-14-15-16-17-18-19-20-21-22-24-28(32)30-27(4-2)29-25-23-26-31/h27,29,31H,3-26H2,1-2H3,(H,30,32). The van der Waals surface area contributed by atoms with Crippen LogP contribution in [0.4, 0.5) is 0 Å². The molecule has 1 amide bonds. The van der Waals surface area contributed by atoms with E-state index in [1.165, 1.54) is 116 Å². The summed E-state index contributed by atoms with van der Waals surface area (Å²) in [4.78, 5) is 12.0. The van der Waals surface area contributed by atoms with Crippen LogP contribution in [0, 0.1) is 0 Å². The van der Waals surface area contributed by atoms with Gasteiger partial charge < -0.3 is 10.4 Å². The minimum atomic E-state index is 0.0365. The van der Waals surface area contributed by atoms with Crippen molar-refractivity contribution < 1.29 is 9.90 Å². The molecular formula is C28H58N2O2. The third kappa shape index (κ3) is 24.0. The minimum absolute atomic E-state index is 0.0365. The van der Waals surface area contributed by atoms with Crippen molar-refractivity contribution in [2.24, 2.45) is 0 Å². The molecular weight excluding hydrogens is 396 g/mol. The van der Waals surface area contributed by atoms with E-state index in [0.717, 1.165) is 25.8 Å². The molecule has 0 aliphatic rings. The zero-order valence-corrected chi connectivity index (χ0v) is 21.9. The Hall–Kier alpha value is -0.610. The first-order valence-electron chi connectivity index (χ1n) is 14.4. The molecule has 0 aromatic rings. The molecule has 4 heteroatoms. The number of nitrogens with one attached hydrogen (secondary N) is 2. The number of hydrogen-bond acceptors (Lipinski definition) is 3. The molecule has 1 unspecified atom stereocenters. The highest BCUT2D eigenvalue weighted by molar-refractivity contribution is 5.76. The highest BCUT2D eigenvalue weighted by Gasteiger charge is 2.08. The monoisotopic (exact) mass is 454 g/mol. The van der Waals surface area contributed by atoms with Gasteiger partial charge in [0.25, 0.3) is 0 Å². The molecule has 0 aromatic heterocycles. The van der Waals surface area contributed by atoms with Gasteiger partial charge in [-0.1, -0.05) is 129 Å². The van der Waals surface area contributed by atoms with Crippen LogP contribution in [0.25, 0.3) is 0 Å². The van der Waals surface area contributed by atoms with Crippen molar-refractivity contribution in [2.45, 2.75) is 161 Å². The average Bonchev–Trinajstić information content (AvgIpc) is 2.80. The van der Waals surface area contributed by atoms with E-state index in [-0.39, 0.29) is 18.7 Å². The van der Waals surface area contributed by atoms with Crippen LogP contribution in [0.15, 0.2) is 0 Å². The number of hydrogen-bond donors (Lipinski definition) is 3. The number of rotatable bonds is 26. The molecule has 0 aromatic carbocycles. The summed E-state index contributed by atoms with van der Waals surface area (Å²) in [6, 6.07) is 0. The number of carbonyl (C=O) groups excluding carboxylic acids is 1. The number of amides is 1. The van der Waals surface area contributed by atoms with Crippen LogP contribution in [0.2, 0.25) is 0 Å². The van der Waals surface area contributed by atoms with Crippen LogP contribution in [-0.2, 0) is 4.79 Å². The molecule has 1 atom stereocenters. The number of carbonyl (C=O) groups is 1. The van der Waals surface area contributed by atoms with Gasteiger partial charge >= 0.3 is 0 Å². The summed E-state index contributed by atoms with van der Waals surface area (Å²) in [6.45, 7) is 5.29. The van der Waals surface area contributed by atoms with E-state index < -0.39 is 0 Å². The number of unbranched alkanes of at least 4 members (excludes halogenated alkanes) is 18. The first-order chi connectivity index (χ1) is 15.7. The smallest absolute Gasteiger partial charge is 0.221 e. The fourth-order valence-electron chi connectivity index (χ4n) is 4.28. The summed E-state index contributed by atoms with van der Waals surface area (Å²) >= 11 is 0. The molecule has 192 valence electrons. The van der Waals surface area contributed by atoms with Crippen molar-refractivity contribution in [1.29, 1.82) is 0 Å². The minimum Gasteiger partial charge on any atom is -0.396 e. The Morgan fingerprint density at radius 3 is 1.41 bits per heavy atom. The zero-order valence-electron chi connectivity index (χ0n) is 21.9. The van der Waals surface area contributed by atoms with Crippen LogP contribution in [-0.4, -0.2) is 30.3 Å². The Labute approximate surface area is 201 Å². The third-order valence-electron chi connectivity index (χ3n) is 6.48. The summed E-state index contributed by atoms with van der Waals surface area (Å²) in [5.74, 6) is 0.153. The molecule has 0 rings (SSSR count). The second-order valence-corrected chi connectivity index (χ2v) is 9.67. The predicted octanol–water partition coefficient (Wildman–Crippen LogP) is 7.63. The van der Waals surface area contributed by atoms with E-state index in [1.807, 2.05) is 0 Å². The lowest BCUT2D eigenvalue weighted by Crippen LogP contribution is -2.45. The Balaban J connectivity index is 3.25. The van der Waals surface area contributed by atoms with Gasteiger partial charge in [-0.2, -0.15) is 0 Å². The normalized spacial score (nSPS) is 12.2. The van der Waals surface area contributed by atoms with Gasteiger partial charge in [-0.05, 0) is 25.8 Å². The van der Waals surface area contributed by atoms with Crippen LogP contribution in [0.3, 0.4) is 0 Å². The quantitative estimate of drug-likeness (QED) is 0.0929. The van der Waals surface area contributed by atoms with E-state index in [2.05, 4.69) is 24.5 Å². The van der Waals surface area contributed by atoms with Crippen LogP contribution in [0.1, 0.15) is 155 Å². The Morgan fingerprint density at radius 2 is 1.03 bits per heavy atom. The molecule has 0 fully saturated rings. The van der Waals surface area contributed by atoms with E-state index in [0.29, 0.717) is 6.42 Å². The van der Waals surface area contributed by atoms with Crippen LogP contribution in [0.5, 0.6) is 0 Å². The van der Waals surface area contributed by atoms with Gasteiger partial charge in [-0.15, -0.1) is 0 Å². The van der Waals surface area contributed by atoms with E-state index in [9.17, 15) is 4.79 Å². The summed E-state index contributed by atoms with van der Waals surface area (Å²) in [5.41, 5.74) is 0. The summed E-state index contributed by atoms with van der Waals surface area (Å²) < 4.78 is 0. The molecule has 32 heavy (non-hydrogen) atoms. The van der Waals surface area contributed by atoms with E-state index in [1.54, 1.807) is 0 Å². The van der Waals surface area contributed by atoms with Gasteiger partial charge in [0.05, 0.1) is 6.17 Å². The molecule has 0 saturated carbocycles. The molecule has 0 heterocycles. The lowest BCUT2D eigenvalue weighted by atomic mass is 10.0. The first-order valence-corrected chi connectivity index (χ1v) is 14.4. The topological polar surface area (TPSA) is 61.4 Å². The third-order valence-corrected chi connectivity index (χ3v) is 6.48. The molecule has 0 aliphatic carbocycles. The highest BCUT2D eigenvalue weighted by Crippen LogP contribution is 2.14. The summed E-state index contributed by atoms with van der Waals surface area (Å²) in [7, 11) is 0. The summed E-state index contributed by atoms with van der Waals surface area (Å²) in [6.07, 6.45) is 28.4. The maximum absolute atomic E-state index is 12.0. The van der Waals surface area contributed by atoms with Crippen molar-refractivity contribution in [3.63, 3.8) is 0 Å². The molecule has 0 saturated heterocycles. The van der Waals surface area contributed by atoms with Crippen molar-refractivity contribution in [3.05, 3.63) is 0 Å². The fraction of sp³-hybridized carbons (Fsp3) is 0.964. The van der Waals surface area contributed by atoms with Crippen molar-refractivity contribution in [1.82, 2.24) is 10.6 Å². The average molecular weight is 455 g/mol. The van der Waals surface area contributed by atoms with Gasteiger partial charge in [0, 0.05) is 13.0 Å². The van der Waals surface area contributed by atoms with Crippen molar-refractivity contribution in [2.75, 3.05) is 13.2 Å². The predicted molar refractivity (Wildman–Crippen MR) is 140 cm³/mol. The van der Waals surface area contributed by atoms with Crippen LogP contribution >= 0.6 is 0 Å². The molecule has 0 bridgehead atoms. The maximum Gasteiger partial charge on any atom is 0.221 e. The lowest BCUT2D eigenvalue weighted by molar-refractivity contribution is -0.122. The Bertz CT molecular complexity index is 376. The molecule has 4 nitrogen and oxygen atoms in total. The SMILES string of the molecule is CCCCCCCCCCCCCCCCCCCCCC(=O)NC(CC)NCCCO. The second-order valence-electron chi connectivity index (χ2n) is 9.67. The fourth-order valence-corrected chi connectivity index (χ4v) is 4.28. The highest BCUT2D eigenvalue weighted by atomic mass is 16.3. The van der Waals surface area contributed by atoms with Crippen molar-refractivity contribution in [3.8, 4) is 0 Å². The van der Waals surface area contributed by atoms with E-state index >= 15 is 0 Å². The summed E-state index contributed by atoms with van der Waals surface area (Å²) in [5, 5.41) is 15.2. The molecule has 0 aliphatic heterocycles. The van der Waals surface area contributed by atoms with Gasteiger partial charge in [0.2, 0.25) is 5.91 Å². The molecule has 0 radical (unpaired) electrons. The largest absolute Gasteiger partial charge is 0.396 e. The maximum atomic E-state index is 12.0. The molecule has 0 spiro atoms. The second kappa shape index (κ2) is 26.6. The first kappa shape index (κ1) is 31.4. The van der Waals surface area contributed by atoms with Gasteiger partial charge in [-0.25, -0.2) is 0 Å². The van der Waals surface area contributed by atoms with E-state index in [4.69, 9.17) is 5.11 Å². The zero-order chi connectivity index (χ0) is 23.5. The van der Waals surface area contributed by atoms with Crippen LogP contribution < -0.4 is 10.6 Å². The molecule has 3 N–H and O–H groups in total. The van der Waals surface area contributed by atoms with Crippen molar-refractivity contribution >= 4 is 5.91 Å². The lowest BCUT2D eigenvalue weighted by Gasteiger charge is -2.18. The van der Waals surface area contributed by atoms with Gasteiger partial charge in [-0.3, -0.25) is 10.1 Å². The number of aliphatic hydroxyl groups excluding tert-OH is 1.